The number of nitrogen functional groups attached to an aromatic ring is 1. The quantitative estimate of drug-likeness (QED) is 0.626. The fraction of sp³-hybridized carbons (Fsp3) is 0.133. The third-order valence-electron chi connectivity index (χ3n) is 3.25. The van der Waals surface area contributed by atoms with Gasteiger partial charge in [-0.1, -0.05) is 11.6 Å². The number of aryl methyl sites for hydroxylation is 2. The highest BCUT2D eigenvalue weighted by Crippen LogP contribution is 2.27. The molecule has 2 heterocycles. The van der Waals surface area contributed by atoms with Crippen LogP contribution < -0.4 is 16.4 Å². The van der Waals surface area contributed by atoms with Gasteiger partial charge in [0.1, 0.15) is 10.8 Å². The molecule has 9 heteroatoms. The number of nitrogens with zero attached hydrogens (tertiary/aromatic N) is 4. The van der Waals surface area contributed by atoms with Gasteiger partial charge in [0.05, 0.1) is 23.3 Å². The van der Waals surface area contributed by atoms with E-state index in [9.17, 15) is 4.39 Å². The summed E-state index contributed by atoms with van der Waals surface area (Å²) in [5.41, 5.74) is 7.84. The molecule has 0 unspecified atom stereocenters. The number of anilines is 5. The Morgan fingerprint density at radius 2 is 2.04 bits per heavy atom. The number of nitrogens with two attached hydrogens (primary N) is 1. The van der Waals surface area contributed by atoms with Crippen LogP contribution in [-0.2, 0) is 7.05 Å². The second-order valence-electron chi connectivity index (χ2n) is 5.18. The molecule has 0 aliphatic carbocycles. The predicted octanol–water partition coefficient (Wildman–Crippen LogP) is 3.38. The van der Waals surface area contributed by atoms with Crippen LogP contribution in [0.3, 0.4) is 0 Å². The van der Waals surface area contributed by atoms with Crippen molar-refractivity contribution in [2.75, 3.05) is 16.4 Å². The molecule has 124 valence electrons. The first-order chi connectivity index (χ1) is 11.4. The lowest BCUT2D eigenvalue weighted by molar-refractivity contribution is 0.632. The molecule has 0 bridgehead atoms. The van der Waals surface area contributed by atoms with E-state index in [0.29, 0.717) is 11.6 Å². The Kier molecular flexibility index (Phi) is 4.22. The number of benzene rings is 1. The Balaban J connectivity index is 1.89. The number of hydrogen-bond acceptors (Lipinski definition) is 6. The third-order valence-corrected chi connectivity index (χ3v) is 3.52. The van der Waals surface area contributed by atoms with Crippen molar-refractivity contribution in [2.45, 2.75) is 6.92 Å². The van der Waals surface area contributed by atoms with Crippen LogP contribution in [0.25, 0.3) is 0 Å². The number of hydrogen-bond donors (Lipinski definition) is 3. The number of rotatable bonds is 4. The van der Waals surface area contributed by atoms with Gasteiger partial charge in [0, 0.05) is 18.9 Å². The Hall–Kier alpha value is -2.87. The van der Waals surface area contributed by atoms with Gasteiger partial charge in [-0.15, -0.1) is 0 Å². The molecule has 0 amide bonds. The van der Waals surface area contributed by atoms with Crippen molar-refractivity contribution in [3.63, 3.8) is 0 Å². The highest BCUT2D eigenvalue weighted by molar-refractivity contribution is 6.32. The molecule has 0 atom stereocenters. The van der Waals surface area contributed by atoms with Crippen LogP contribution in [0, 0.1) is 12.7 Å². The summed E-state index contributed by atoms with van der Waals surface area (Å²) in [6.45, 7) is 1.86. The lowest BCUT2D eigenvalue weighted by atomic mass is 10.2. The van der Waals surface area contributed by atoms with Crippen LogP contribution >= 0.6 is 11.6 Å². The van der Waals surface area contributed by atoms with Gasteiger partial charge in [0.2, 0.25) is 5.95 Å². The zero-order chi connectivity index (χ0) is 17.3. The van der Waals surface area contributed by atoms with Crippen LogP contribution in [0.1, 0.15) is 5.69 Å². The average Bonchev–Trinajstić information content (AvgIpc) is 2.84. The van der Waals surface area contributed by atoms with Crippen LogP contribution in [-0.4, -0.2) is 19.7 Å². The molecule has 3 rings (SSSR count). The largest absolute Gasteiger partial charge is 0.399 e. The molecule has 24 heavy (non-hydrogen) atoms. The predicted molar refractivity (Wildman–Crippen MR) is 92.4 cm³/mol. The van der Waals surface area contributed by atoms with Crippen molar-refractivity contribution in [2.24, 2.45) is 7.05 Å². The molecule has 7 nitrogen and oxygen atoms in total. The van der Waals surface area contributed by atoms with Gasteiger partial charge < -0.3 is 16.4 Å². The SMILES string of the molecule is Cc1nn(C)cc1Nc1ncc(Cl)c(Nc2cc(N)ccc2F)n1. The molecule has 0 radical (unpaired) electrons. The second-order valence-corrected chi connectivity index (χ2v) is 5.59. The number of nitrogens with one attached hydrogen (secondary N) is 2. The van der Waals surface area contributed by atoms with E-state index in [4.69, 9.17) is 17.3 Å². The van der Waals surface area contributed by atoms with Gasteiger partial charge in [0.25, 0.3) is 0 Å². The highest BCUT2D eigenvalue weighted by atomic mass is 35.5. The van der Waals surface area contributed by atoms with E-state index in [1.165, 1.54) is 24.4 Å². The molecule has 1 aromatic carbocycles. The maximum absolute atomic E-state index is 13.9. The maximum Gasteiger partial charge on any atom is 0.229 e. The van der Waals surface area contributed by atoms with Crippen LogP contribution in [0.4, 0.5) is 33.2 Å². The normalized spacial score (nSPS) is 10.7. The maximum atomic E-state index is 13.9. The number of halogens is 2. The van der Waals surface area contributed by atoms with Gasteiger partial charge in [-0.05, 0) is 25.1 Å². The molecule has 0 saturated heterocycles. The monoisotopic (exact) mass is 347 g/mol. The lowest BCUT2D eigenvalue weighted by Gasteiger charge is -2.11. The molecule has 3 aromatic rings. The molecule has 0 fully saturated rings. The molecule has 2 aromatic heterocycles. The molecular weight excluding hydrogens is 333 g/mol. The topological polar surface area (TPSA) is 93.7 Å². The fourth-order valence-electron chi connectivity index (χ4n) is 2.12. The molecule has 0 saturated carbocycles. The molecule has 4 N–H and O–H groups in total. The van der Waals surface area contributed by atoms with Crippen molar-refractivity contribution < 1.29 is 4.39 Å². The van der Waals surface area contributed by atoms with Gasteiger partial charge in [-0.2, -0.15) is 10.1 Å². The molecule has 0 aliphatic heterocycles. The van der Waals surface area contributed by atoms with Crippen molar-refractivity contribution in [3.8, 4) is 0 Å². The minimum atomic E-state index is -0.462. The van der Waals surface area contributed by atoms with Crippen molar-refractivity contribution in [3.05, 3.63) is 47.1 Å². The Labute approximate surface area is 142 Å². The molecular formula is C15H15ClFN7. The number of aromatic nitrogens is 4. The zero-order valence-electron chi connectivity index (χ0n) is 13.0. The average molecular weight is 348 g/mol. The smallest absolute Gasteiger partial charge is 0.229 e. The van der Waals surface area contributed by atoms with E-state index in [1.54, 1.807) is 10.9 Å². The van der Waals surface area contributed by atoms with Crippen molar-refractivity contribution in [1.82, 2.24) is 19.7 Å². The lowest BCUT2D eigenvalue weighted by Crippen LogP contribution is -2.03. The summed E-state index contributed by atoms with van der Waals surface area (Å²) in [7, 11) is 1.82. The summed E-state index contributed by atoms with van der Waals surface area (Å²) in [4.78, 5) is 8.39. The Morgan fingerprint density at radius 1 is 1.25 bits per heavy atom. The van der Waals surface area contributed by atoms with Gasteiger partial charge in [-0.25, -0.2) is 9.37 Å². The van der Waals surface area contributed by atoms with E-state index in [1.807, 2.05) is 14.0 Å². The van der Waals surface area contributed by atoms with E-state index in [0.717, 1.165) is 11.4 Å². The first-order valence-electron chi connectivity index (χ1n) is 7.04. The van der Waals surface area contributed by atoms with Crippen molar-refractivity contribution in [1.29, 1.82) is 0 Å². The second kappa shape index (κ2) is 6.32. The minimum absolute atomic E-state index is 0.180. The van der Waals surface area contributed by atoms with Gasteiger partial charge in [-0.3, -0.25) is 4.68 Å². The Bertz CT molecular complexity index is 894. The third kappa shape index (κ3) is 3.38. The van der Waals surface area contributed by atoms with E-state index < -0.39 is 5.82 Å². The first kappa shape index (κ1) is 16.0. The minimum Gasteiger partial charge on any atom is -0.399 e. The summed E-state index contributed by atoms with van der Waals surface area (Å²) in [5.74, 6) is 0.110. The summed E-state index contributed by atoms with van der Waals surface area (Å²) < 4.78 is 15.5. The highest BCUT2D eigenvalue weighted by Gasteiger charge is 2.11. The fourth-order valence-corrected chi connectivity index (χ4v) is 2.26. The van der Waals surface area contributed by atoms with Gasteiger partial charge in [0.15, 0.2) is 5.82 Å². The molecule has 0 spiro atoms. The van der Waals surface area contributed by atoms with E-state index in [2.05, 4.69) is 25.7 Å². The standard InChI is InChI=1S/C15H15ClFN7/c1-8-13(7-24(2)23-8)21-15-19-6-10(16)14(22-15)20-12-5-9(18)3-4-11(12)17/h3-7H,18H2,1-2H3,(H2,19,20,21,22). The summed E-state index contributed by atoms with van der Waals surface area (Å²) in [6, 6.07) is 4.21. The van der Waals surface area contributed by atoms with Crippen LogP contribution in [0.2, 0.25) is 5.02 Å². The van der Waals surface area contributed by atoms with Crippen LogP contribution in [0.5, 0.6) is 0 Å². The van der Waals surface area contributed by atoms with Gasteiger partial charge >= 0.3 is 0 Å². The van der Waals surface area contributed by atoms with E-state index >= 15 is 0 Å². The van der Waals surface area contributed by atoms with E-state index in [-0.39, 0.29) is 16.5 Å². The Morgan fingerprint density at radius 3 is 2.75 bits per heavy atom. The van der Waals surface area contributed by atoms with Crippen molar-refractivity contribution >= 4 is 40.4 Å². The van der Waals surface area contributed by atoms with Crippen LogP contribution in [0.15, 0.2) is 30.6 Å². The summed E-state index contributed by atoms with van der Waals surface area (Å²) >= 11 is 6.09. The first-order valence-corrected chi connectivity index (χ1v) is 7.42. The summed E-state index contributed by atoms with van der Waals surface area (Å²) in [6.07, 6.45) is 3.23. The zero-order valence-corrected chi connectivity index (χ0v) is 13.8. The molecule has 0 aliphatic rings. The summed E-state index contributed by atoms with van der Waals surface area (Å²) in [5, 5.41) is 10.4.